The quantitative estimate of drug-likeness (QED) is 0.876. The Morgan fingerprint density at radius 2 is 1.95 bits per heavy atom. The summed E-state index contributed by atoms with van der Waals surface area (Å²) >= 11 is 12.2. The molecular formula is C17H18Cl2O2. The van der Waals surface area contributed by atoms with Gasteiger partial charge in [-0.05, 0) is 18.2 Å². The third-order valence-corrected chi connectivity index (χ3v) is 4.74. The van der Waals surface area contributed by atoms with Gasteiger partial charge in [-0.15, -0.1) is 0 Å². The van der Waals surface area contributed by atoms with Gasteiger partial charge in [0.1, 0.15) is 5.60 Å². The predicted octanol–water partition coefficient (Wildman–Crippen LogP) is 4.68. The molecule has 0 saturated carbocycles. The van der Waals surface area contributed by atoms with Crippen LogP contribution < -0.4 is 0 Å². The van der Waals surface area contributed by atoms with Crippen molar-refractivity contribution in [3.63, 3.8) is 0 Å². The summed E-state index contributed by atoms with van der Waals surface area (Å²) < 4.78 is 0. The summed E-state index contributed by atoms with van der Waals surface area (Å²) in [5.74, 6) is 0.0212. The second-order valence-electron chi connectivity index (χ2n) is 5.73. The van der Waals surface area contributed by atoms with Gasteiger partial charge in [0.15, 0.2) is 5.78 Å². The Labute approximate surface area is 135 Å². The topological polar surface area (TPSA) is 37.3 Å². The van der Waals surface area contributed by atoms with Crippen LogP contribution in [0.4, 0.5) is 0 Å². The largest absolute Gasteiger partial charge is 0.380 e. The van der Waals surface area contributed by atoms with Crippen molar-refractivity contribution in [3.8, 4) is 0 Å². The molecule has 2 rings (SSSR count). The highest BCUT2D eigenvalue weighted by atomic mass is 35.5. The van der Waals surface area contributed by atoms with Crippen LogP contribution in [0.5, 0.6) is 0 Å². The van der Waals surface area contributed by atoms with Crippen molar-refractivity contribution in [1.82, 2.24) is 0 Å². The molecule has 1 aromatic carbocycles. The number of rotatable bonds is 3. The smallest absolute Gasteiger partial charge is 0.159 e. The zero-order valence-corrected chi connectivity index (χ0v) is 13.8. The zero-order chi connectivity index (χ0) is 15.8. The maximum Gasteiger partial charge on any atom is 0.159 e. The normalized spacial score (nSPS) is 23.8. The van der Waals surface area contributed by atoms with Crippen molar-refractivity contribution in [3.05, 3.63) is 57.6 Å². The standard InChI is InChI=1S/C17H18Cl2O2/c1-4-15(20)13-6-5-9-17(21,16(13,2)3)12-8-7-11(18)10-14(12)19/h5-10,21H,4H2,1-3H3. The molecule has 0 aliphatic heterocycles. The Morgan fingerprint density at radius 3 is 2.52 bits per heavy atom. The lowest BCUT2D eigenvalue weighted by molar-refractivity contribution is -0.118. The second-order valence-corrected chi connectivity index (χ2v) is 6.58. The molecule has 0 fully saturated rings. The number of benzene rings is 1. The van der Waals surface area contributed by atoms with Crippen LogP contribution in [-0.4, -0.2) is 10.9 Å². The van der Waals surface area contributed by atoms with E-state index in [1.165, 1.54) is 0 Å². The molecule has 4 heteroatoms. The summed E-state index contributed by atoms with van der Waals surface area (Å²) in [5.41, 5.74) is -0.999. The fourth-order valence-corrected chi connectivity index (χ4v) is 3.32. The number of hydrogen-bond donors (Lipinski definition) is 1. The fraction of sp³-hybridized carbons (Fsp3) is 0.353. The average Bonchev–Trinajstić information content (AvgIpc) is 2.41. The molecule has 112 valence electrons. The lowest BCUT2D eigenvalue weighted by Gasteiger charge is -2.44. The molecule has 0 spiro atoms. The second kappa shape index (κ2) is 5.60. The summed E-state index contributed by atoms with van der Waals surface area (Å²) in [6.45, 7) is 5.51. The molecule has 1 aliphatic carbocycles. The summed E-state index contributed by atoms with van der Waals surface area (Å²) in [5, 5.41) is 12.1. The van der Waals surface area contributed by atoms with Gasteiger partial charge < -0.3 is 5.11 Å². The number of hydrogen-bond acceptors (Lipinski definition) is 2. The van der Waals surface area contributed by atoms with Crippen LogP contribution in [0.1, 0.15) is 32.8 Å². The van der Waals surface area contributed by atoms with Gasteiger partial charge in [0.05, 0.1) is 0 Å². The number of halogens is 2. The van der Waals surface area contributed by atoms with E-state index in [4.69, 9.17) is 23.2 Å². The van der Waals surface area contributed by atoms with Crippen LogP contribution in [0.3, 0.4) is 0 Å². The number of allylic oxidation sites excluding steroid dienone is 2. The van der Waals surface area contributed by atoms with E-state index in [0.29, 0.717) is 27.6 Å². The van der Waals surface area contributed by atoms with Gasteiger partial charge in [-0.25, -0.2) is 0 Å². The minimum atomic E-state index is -1.36. The number of Topliss-reactive ketones (excluding diaryl/α,β-unsaturated/α-hetero) is 1. The van der Waals surface area contributed by atoms with Crippen LogP contribution in [0.15, 0.2) is 42.0 Å². The molecule has 21 heavy (non-hydrogen) atoms. The van der Waals surface area contributed by atoms with Gasteiger partial charge in [0, 0.05) is 33.0 Å². The molecule has 0 radical (unpaired) electrons. The third kappa shape index (κ3) is 2.57. The van der Waals surface area contributed by atoms with E-state index in [9.17, 15) is 9.90 Å². The molecule has 1 aromatic rings. The Kier molecular flexibility index (Phi) is 4.34. The zero-order valence-electron chi connectivity index (χ0n) is 12.3. The highest BCUT2D eigenvalue weighted by molar-refractivity contribution is 6.35. The molecule has 1 N–H and O–H groups in total. The molecule has 1 unspecified atom stereocenters. The van der Waals surface area contributed by atoms with Crippen molar-refractivity contribution in [2.75, 3.05) is 0 Å². The van der Waals surface area contributed by atoms with Crippen LogP contribution in [0, 0.1) is 5.41 Å². The lowest BCUT2D eigenvalue weighted by Crippen LogP contribution is -2.45. The monoisotopic (exact) mass is 324 g/mol. The molecule has 2 nitrogen and oxygen atoms in total. The Morgan fingerprint density at radius 1 is 1.29 bits per heavy atom. The molecule has 0 bridgehead atoms. The van der Waals surface area contributed by atoms with E-state index < -0.39 is 11.0 Å². The van der Waals surface area contributed by atoms with E-state index >= 15 is 0 Å². The van der Waals surface area contributed by atoms with Gasteiger partial charge in [-0.2, -0.15) is 0 Å². The Balaban J connectivity index is 2.60. The minimum absolute atomic E-state index is 0.0212. The summed E-state index contributed by atoms with van der Waals surface area (Å²) in [7, 11) is 0. The average molecular weight is 325 g/mol. The maximum atomic E-state index is 12.2. The van der Waals surface area contributed by atoms with Crippen LogP contribution in [0.25, 0.3) is 0 Å². The maximum absolute atomic E-state index is 12.2. The van der Waals surface area contributed by atoms with E-state index in [1.807, 2.05) is 20.8 Å². The lowest BCUT2D eigenvalue weighted by atomic mass is 9.63. The van der Waals surface area contributed by atoms with Crippen molar-refractivity contribution in [2.24, 2.45) is 5.41 Å². The van der Waals surface area contributed by atoms with Crippen LogP contribution in [-0.2, 0) is 10.4 Å². The first-order valence-electron chi connectivity index (χ1n) is 6.85. The van der Waals surface area contributed by atoms with Gasteiger partial charge in [0.2, 0.25) is 0 Å². The van der Waals surface area contributed by atoms with E-state index in [0.717, 1.165) is 0 Å². The van der Waals surface area contributed by atoms with Crippen molar-refractivity contribution in [2.45, 2.75) is 32.8 Å². The Bertz CT molecular complexity index is 644. The Hall–Kier alpha value is -1.09. The fourth-order valence-electron chi connectivity index (χ4n) is 2.76. The number of ketones is 1. The first-order chi connectivity index (χ1) is 9.74. The van der Waals surface area contributed by atoms with Crippen molar-refractivity contribution >= 4 is 29.0 Å². The molecule has 1 aliphatic rings. The highest BCUT2D eigenvalue weighted by Crippen LogP contribution is 2.50. The summed E-state index contributed by atoms with van der Waals surface area (Å²) in [6.07, 6.45) is 5.55. The first-order valence-corrected chi connectivity index (χ1v) is 7.60. The third-order valence-electron chi connectivity index (χ3n) is 4.19. The first kappa shape index (κ1) is 16.3. The molecule has 0 saturated heterocycles. The van der Waals surface area contributed by atoms with Gasteiger partial charge in [-0.1, -0.05) is 62.2 Å². The number of aliphatic hydroxyl groups is 1. The molecule has 0 heterocycles. The molecule has 0 aromatic heterocycles. The van der Waals surface area contributed by atoms with Gasteiger partial charge in [-0.3, -0.25) is 4.79 Å². The SMILES string of the molecule is CCC(=O)C1=CC=CC(O)(c2ccc(Cl)cc2Cl)C1(C)C. The van der Waals surface area contributed by atoms with Crippen molar-refractivity contribution in [1.29, 1.82) is 0 Å². The molecular weight excluding hydrogens is 307 g/mol. The summed E-state index contributed by atoms with van der Waals surface area (Å²) in [4.78, 5) is 12.2. The van der Waals surface area contributed by atoms with Gasteiger partial charge in [0.25, 0.3) is 0 Å². The number of carbonyl (C=O) groups excluding carboxylic acids is 1. The molecule has 0 amide bonds. The van der Waals surface area contributed by atoms with Crippen LogP contribution in [0.2, 0.25) is 10.0 Å². The summed E-state index contributed by atoms with van der Waals surface area (Å²) in [6, 6.07) is 4.99. The number of carbonyl (C=O) groups is 1. The minimum Gasteiger partial charge on any atom is -0.380 e. The molecule has 1 atom stereocenters. The van der Waals surface area contributed by atoms with Crippen molar-refractivity contribution < 1.29 is 9.90 Å². The predicted molar refractivity (Wildman–Crippen MR) is 86.7 cm³/mol. The van der Waals surface area contributed by atoms with E-state index in [1.54, 1.807) is 36.4 Å². The van der Waals surface area contributed by atoms with E-state index in [-0.39, 0.29) is 5.78 Å². The van der Waals surface area contributed by atoms with E-state index in [2.05, 4.69) is 0 Å². The van der Waals surface area contributed by atoms with Crippen LogP contribution >= 0.6 is 23.2 Å². The van der Waals surface area contributed by atoms with Gasteiger partial charge >= 0.3 is 0 Å². The highest BCUT2D eigenvalue weighted by Gasteiger charge is 2.49.